The molecule has 1 amide bonds. The molecule has 3 aliphatic rings. The van der Waals surface area contributed by atoms with E-state index in [0.29, 0.717) is 29.9 Å². The lowest BCUT2D eigenvalue weighted by Gasteiger charge is -2.49. The molecule has 38 heavy (non-hydrogen) atoms. The predicted octanol–water partition coefficient (Wildman–Crippen LogP) is 6.26. The second kappa shape index (κ2) is 10.7. The molecule has 0 saturated carbocycles. The minimum absolute atomic E-state index is 0.213. The molecule has 5 heterocycles. The van der Waals surface area contributed by atoms with Crippen LogP contribution in [0.5, 0.6) is 11.5 Å². The monoisotopic (exact) mass is 510 g/mol. The zero-order valence-corrected chi connectivity index (χ0v) is 21.2. The molecule has 0 radical (unpaired) electrons. The van der Waals surface area contributed by atoms with E-state index in [1.807, 2.05) is 61.5 Å². The molecule has 194 valence electrons. The number of aryl methyl sites for hydroxylation is 1. The van der Waals surface area contributed by atoms with Crippen molar-refractivity contribution >= 4 is 11.8 Å². The van der Waals surface area contributed by atoms with Crippen molar-refractivity contribution in [2.75, 3.05) is 25.0 Å². The van der Waals surface area contributed by atoms with Gasteiger partial charge in [0.2, 0.25) is 0 Å². The molecule has 4 atom stereocenters. The molecule has 7 rings (SSSR count). The number of para-hydroxylation sites is 1. The lowest BCUT2D eigenvalue weighted by Crippen LogP contribution is -2.54. The molecule has 3 fully saturated rings. The third kappa shape index (κ3) is 5.40. The zero-order valence-electron chi connectivity index (χ0n) is 21.2. The lowest BCUT2D eigenvalue weighted by molar-refractivity contribution is -0.00151. The van der Waals surface area contributed by atoms with E-state index in [0.717, 1.165) is 54.7 Å². The Bertz CT molecular complexity index is 1380. The maximum absolute atomic E-state index is 12.5. The molecule has 3 aliphatic heterocycles. The van der Waals surface area contributed by atoms with Crippen molar-refractivity contribution in [3.05, 3.63) is 90.6 Å². The maximum Gasteiger partial charge on any atom is 0.411 e. The number of piperidine rings is 3. The zero-order chi connectivity index (χ0) is 25.9. The number of rotatable bonds is 7. The number of carbonyl (C=O) groups is 1. The van der Waals surface area contributed by atoms with Crippen LogP contribution >= 0.6 is 0 Å². The molecule has 1 N–H and O–H groups in total. The van der Waals surface area contributed by atoms with E-state index in [-0.39, 0.29) is 6.04 Å². The van der Waals surface area contributed by atoms with Crippen molar-refractivity contribution in [1.82, 2.24) is 14.9 Å². The fraction of sp³-hybridized carbons (Fsp3) is 0.300. The van der Waals surface area contributed by atoms with Crippen LogP contribution in [0.4, 0.5) is 10.5 Å². The van der Waals surface area contributed by atoms with E-state index in [2.05, 4.69) is 21.3 Å². The van der Waals surface area contributed by atoms with Crippen molar-refractivity contribution in [3.63, 3.8) is 0 Å². The van der Waals surface area contributed by atoms with Crippen molar-refractivity contribution < 1.29 is 18.7 Å². The van der Waals surface area contributed by atoms with Crippen LogP contribution in [0.1, 0.15) is 30.3 Å². The Labute approximate surface area is 221 Å². The molecule has 0 spiro atoms. The summed E-state index contributed by atoms with van der Waals surface area (Å²) in [6.07, 6.45) is 3.30. The highest BCUT2D eigenvalue weighted by molar-refractivity contribution is 5.84. The van der Waals surface area contributed by atoms with Gasteiger partial charge in [-0.05, 0) is 86.8 Å². The van der Waals surface area contributed by atoms with Gasteiger partial charge >= 0.3 is 6.09 Å². The quantitative estimate of drug-likeness (QED) is 0.314. The minimum Gasteiger partial charge on any atom is -0.463 e. The number of amides is 1. The van der Waals surface area contributed by atoms with E-state index >= 15 is 0 Å². The predicted molar refractivity (Wildman–Crippen MR) is 143 cm³/mol. The largest absolute Gasteiger partial charge is 0.463 e. The van der Waals surface area contributed by atoms with Gasteiger partial charge < -0.3 is 13.9 Å². The van der Waals surface area contributed by atoms with E-state index in [1.54, 1.807) is 18.4 Å². The van der Waals surface area contributed by atoms with Gasteiger partial charge in [0, 0.05) is 29.9 Å². The summed E-state index contributed by atoms with van der Waals surface area (Å²) in [5, 5.41) is 2.82. The summed E-state index contributed by atoms with van der Waals surface area (Å²) in [4.78, 5) is 24.3. The summed E-state index contributed by atoms with van der Waals surface area (Å²) in [5.74, 6) is 3.80. The average Bonchev–Trinajstić information content (AvgIpc) is 3.49. The summed E-state index contributed by atoms with van der Waals surface area (Å²) in [7, 11) is 0. The van der Waals surface area contributed by atoms with Gasteiger partial charge in [-0.25, -0.2) is 14.8 Å². The molecular formula is C30H30N4O4. The van der Waals surface area contributed by atoms with Crippen LogP contribution in [0, 0.1) is 12.8 Å². The van der Waals surface area contributed by atoms with Crippen LogP contribution in [-0.4, -0.2) is 46.7 Å². The number of hydrogen-bond acceptors (Lipinski definition) is 7. The summed E-state index contributed by atoms with van der Waals surface area (Å²) in [6.45, 7) is 4.20. The van der Waals surface area contributed by atoms with E-state index in [4.69, 9.17) is 18.9 Å². The Hall–Kier alpha value is -4.17. The first-order chi connectivity index (χ1) is 18.6. The first-order valence-corrected chi connectivity index (χ1v) is 13.0. The Morgan fingerprint density at radius 1 is 1.05 bits per heavy atom. The molecule has 3 saturated heterocycles. The summed E-state index contributed by atoms with van der Waals surface area (Å²) in [5.41, 5.74) is 2.55. The normalized spacial score (nSPS) is 22.1. The Kier molecular flexibility index (Phi) is 6.79. The highest BCUT2D eigenvalue weighted by Crippen LogP contribution is 2.42. The molecule has 8 heteroatoms. The third-order valence-electron chi connectivity index (χ3n) is 7.38. The molecule has 4 aromatic rings. The second-order valence-electron chi connectivity index (χ2n) is 9.91. The average molecular weight is 511 g/mol. The number of aromatic nitrogens is 2. The Morgan fingerprint density at radius 2 is 1.87 bits per heavy atom. The van der Waals surface area contributed by atoms with Crippen LogP contribution in [0.25, 0.3) is 11.5 Å². The lowest BCUT2D eigenvalue weighted by atomic mass is 9.74. The topological polar surface area (TPSA) is 89.7 Å². The maximum atomic E-state index is 12.5. The smallest absolute Gasteiger partial charge is 0.411 e. The van der Waals surface area contributed by atoms with Crippen molar-refractivity contribution in [3.8, 4) is 23.0 Å². The first kappa shape index (κ1) is 24.2. The number of fused-ring (bicyclic) bond motifs is 3. The standard InChI is InChI=1S/C30H30N4O4/c1-20-31-27(17-28(32-20)29-8-5-15-36-29)26-18-34-14-13-21(26)16-23(34)19-37-30(35)33-22-9-11-25(12-10-22)38-24-6-3-2-4-7-24/h2-12,15,17,21,23,26H,13-14,16,18-19H2,1H3,(H,33,35)/t21-,23+,26-/m0/s1. The molecular weight excluding hydrogens is 480 g/mol. The summed E-state index contributed by atoms with van der Waals surface area (Å²) < 4.78 is 17.0. The molecule has 2 aromatic heterocycles. The molecule has 8 nitrogen and oxygen atoms in total. The van der Waals surface area contributed by atoms with E-state index in [1.165, 1.54) is 0 Å². The summed E-state index contributed by atoms with van der Waals surface area (Å²) >= 11 is 0. The van der Waals surface area contributed by atoms with Gasteiger partial charge in [-0.2, -0.15) is 0 Å². The van der Waals surface area contributed by atoms with Gasteiger partial charge in [-0.1, -0.05) is 18.2 Å². The van der Waals surface area contributed by atoms with E-state index < -0.39 is 6.09 Å². The minimum atomic E-state index is -0.449. The van der Waals surface area contributed by atoms with Gasteiger partial charge in [0.05, 0.1) is 6.26 Å². The fourth-order valence-electron chi connectivity index (χ4n) is 5.53. The van der Waals surface area contributed by atoms with Gasteiger partial charge in [-0.15, -0.1) is 0 Å². The number of nitrogens with zero attached hydrogens (tertiary/aromatic N) is 3. The van der Waals surface area contributed by atoms with Crippen molar-refractivity contribution in [1.29, 1.82) is 0 Å². The number of anilines is 1. The van der Waals surface area contributed by atoms with Crippen LogP contribution in [0.2, 0.25) is 0 Å². The number of ether oxygens (including phenoxy) is 2. The fourth-order valence-corrected chi connectivity index (χ4v) is 5.53. The van der Waals surface area contributed by atoms with Crippen molar-refractivity contribution in [2.24, 2.45) is 5.92 Å². The van der Waals surface area contributed by atoms with Crippen molar-refractivity contribution in [2.45, 2.75) is 31.7 Å². The first-order valence-electron chi connectivity index (χ1n) is 13.0. The molecule has 2 aromatic carbocycles. The van der Waals surface area contributed by atoms with Gasteiger partial charge in [0.15, 0.2) is 5.76 Å². The second-order valence-corrected chi connectivity index (χ2v) is 9.91. The number of carbonyl (C=O) groups excluding carboxylic acids is 1. The van der Waals surface area contributed by atoms with E-state index in [9.17, 15) is 4.79 Å². The van der Waals surface area contributed by atoms with Crippen LogP contribution in [-0.2, 0) is 4.74 Å². The Balaban J connectivity index is 1.02. The molecule has 1 unspecified atom stereocenters. The number of hydrogen-bond donors (Lipinski definition) is 1. The molecule has 0 aliphatic carbocycles. The van der Waals surface area contributed by atoms with Gasteiger partial charge in [0.1, 0.15) is 29.6 Å². The summed E-state index contributed by atoms with van der Waals surface area (Å²) in [6, 6.07) is 22.9. The number of furan rings is 1. The highest BCUT2D eigenvalue weighted by atomic mass is 16.5. The number of benzene rings is 2. The SMILES string of the molecule is Cc1nc(-c2ccco2)cc([C@H]2CN3CC[C@H]2C[C@@H]3COC(=O)Nc2ccc(Oc3ccccc3)cc2)n1. The third-order valence-corrected chi connectivity index (χ3v) is 7.38. The Morgan fingerprint density at radius 3 is 2.61 bits per heavy atom. The van der Waals surface area contributed by atoms with Gasteiger partial charge in [-0.3, -0.25) is 10.2 Å². The molecule has 2 bridgehead atoms. The highest BCUT2D eigenvalue weighted by Gasteiger charge is 2.42. The van der Waals surface area contributed by atoms with Crippen LogP contribution in [0.3, 0.4) is 0 Å². The van der Waals surface area contributed by atoms with Crippen LogP contribution < -0.4 is 10.1 Å². The van der Waals surface area contributed by atoms with Gasteiger partial charge in [0.25, 0.3) is 0 Å². The van der Waals surface area contributed by atoms with Crippen LogP contribution in [0.15, 0.2) is 83.5 Å². The number of nitrogens with one attached hydrogen (secondary N) is 1.